The zero-order chi connectivity index (χ0) is 19.2. The number of nitrogens with zero attached hydrogens (tertiary/aromatic N) is 1. The molecule has 2 aliphatic carbocycles. The van der Waals surface area contributed by atoms with Crippen molar-refractivity contribution >= 4 is 17.7 Å². The van der Waals surface area contributed by atoms with Crippen LogP contribution < -0.4 is 5.32 Å². The molecule has 2 fully saturated rings. The Morgan fingerprint density at radius 3 is 2.44 bits per heavy atom. The van der Waals surface area contributed by atoms with Gasteiger partial charge in [0.1, 0.15) is 23.4 Å². The van der Waals surface area contributed by atoms with Crippen LogP contribution in [0.3, 0.4) is 0 Å². The first-order valence-electron chi connectivity index (χ1n) is 9.66. The van der Waals surface area contributed by atoms with E-state index in [9.17, 15) is 19.5 Å². The smallest absolute Gasteiger partial charge is 0.322 e. The van der Waals surface area contributed by atoms with Gasteiger partial charge in [0.15, 0.2) is 0 Å². The Labute approximate surface area is 157 Å². The van der Waals surface area contributed by atoms with Crippen molar-refractivity contribution in [1.29, 1.82) is 0 Å². The van der Waals surface area contributed by atoms with Crippen LogP contribution in [-0.2, 0) is 15.1 Å². The van der Waals surface area contributed by atoms with E-state index in [0.29, 0.717) is 24.5 Å². The van der Waals surface area contributed by atoms with Crippen molar-refractivity contribution in [3.8, 4) is 0 Å². The number of Topliss-reactive ketones (excluding diaryl/α,β-unsaturated/α-hetero) is 1. The molecule has 0 atom stereocenters. The van der Waals surface area contributed by atoms with E-state index in [4.69, 9.17) is 5.11 Å². The maximum atomic E-state index is 13.0. The lowest BCUT2D eigenvalue weighted by atomic mass is 9.74. The Morgan fingerprint density at radius 1 is 1.15 bits per heavy atom. The van der Waals surface area contributed by atoms with Crippen molar-refractivity contribution in [2.24, 2.45) is 0 Å². The van der Waals surface area contributed by atoms with Crippen LogP contribution in [-0.4, -0.2) is 39.0 Å². The molecule has 27 heavy (non-hydrogen) atoms. The van der Waals surface area contributed by atoms with Gasteiger partial charge >= 0.3 is 5.97 Å². The molecule has 0 bridgehead atoms. The number of carbonyl (C=O) groups excluding carboxylic acids is 2. The van der Waals surface area contributed by atoms with Gasteiger partial charge in [0.25, 0.3) is 5.91 Å². The minimum Gasteiger partial charge on any atom is -0.509 e. The molecule has 1 aliphatic heterocycles. The van der Waals surface area contributed by atoms with Crippen molar-refractivity contribution < 1.29 is 24.6 Å². The molecule has 144 valence electrons. The highest BCUT2D eigenvalue weighted by atomic mass is 16.4. The van der Waals surface area contributed by atoms with E-state index in [1.807, 2.05) is 10.6 Å². The number of ketones is 1. The van der Waals surface area contributed by atoms with Crippen LogP contribution in [0.25, 0.3) is 0 Å². The number of carbonyl (C=O) groups is 3. The summed E-state index contributed by atoms with van der Waals surface area (Å²) in [5.74, 6) is -2.35. The molecular weight excluding hydrogens is 348 g/mol. The lowest BCUT2D eigenvalue weighted by Crippen LogP contribution is -2.48. The Hall–Kier alpha value is -2.57. The van der Waals surface area contributed by atoms with E-state index >= 15 is 0 Å². The van der Waals surface area contributed by atoms with E-state index in [2.05, 4.69) is 5.32 Å². The van der Waals surface area contributed by atoms with Gasteiger partial charge in [-0.25, -0.2) is 0 Å². The average Bonchev–Trinajstić information content (AvgIpc) is 3.03. The van der Waals surface area contributed by atoms with Crippen LogP contribution in [0.2, 0.25) is 0 Å². The molecule has 2 saturated carbocycles. The second-order valence-corrected chi connectivity index (χ2v) is 7.83. The van der Waals surface area contributed by atoms with Gasteiger partial charge < -0.3 is 20.1 Å². The quantitative estimate of drug-likeness (QED) is 0.704. The van der Waals surface area contributed by atoms with Crippen molar-refractivity contribution in [2.45, 2.75) is 62.8 Å². The van der Waals surface area contributed by atoms with E-state index in [0.717, 1.165) is 44.2 Å². The molecule has 7 heteroatoms. The molecule has 0 radical (unpaired) electrons. The number of fused-ring (bicyclic) bond motifs is 2. The highest BCUT2D eigenvalue weighted by molar-refractivity contribution is 6.26. The predicted molar refractivity (Wildman–Crippen MR) is 96.7 cm³/mol. The van der Waals surface area contributed by atoms with Gasteiger partial charge in [-0.15, -0.1) is 0 Å². The molecule has 2 heterocycles. The number of carboxylic acids is 1. The van der Waals surface area contributed by atoms with Gasteiger partial charge in [0.05, 0.1) is 5.69 Å². The van der Waals surface area contributed by atoms with Crippen LogP contribution in [0.4, 0.5) is 0 Å². The fraction of sp³-hybridized carbons (Fsp3) is 0.550. The first kappa shape index (κ1) is 17.8. The third-order valence-electron chi connectivity index (χ3n) is 6.31. The number of aliphatic hydroxyl groups is 1. The molecule has 1 aromatic rings. The first-order valence-corrected chi connectivity index (χ1v) is 9.66. The van der Waals surface area contributed by atoms with Crippen molar-refractivity contribution in [3.05, 3.63) is 34.9 Å². The number of aromatic nitrogens is 1. The monoisotopic (exact) mass is 372 g/mol. The number of aliphatic hydroxyl groups excluding tert-OH is 1. The Balaban J connectivity index is 1.82. The van der Waals surface area contributed by atoms with Crippen LogP contribution in [0.5, 0.6) is 0 Å². The molecular formula is C20H24N2O5. The lowest BCUT2D eigenvalue weighted by molar-refractivity contribution is -0.137. The summed E-state index contributed by atoms with van der Waals surface area (Å²) >= 11 is 0. The summed E-state index contributed by atoms with van der Waals surface area (Å²) in [5, 5.41) is 22.2. The second-order valence-electron chi connectivity index (χ2n) is 7.83. The summed E-state index contributed by atoms with van der Waals surface area (Å²) in [7, 11) is 0. The number of carboxylic acid groups (broad SMARTS) is 1. The normalized spacial score (nSPS) is 21.7. The summed E-state index contributed by atoms with van der Waals surface area (Å²) < 4.78 is 2.00. The summed E-state index contributed by atoms with van der Waals surface area (Å²) in [5.41, 5.74) is 0.426. The predicted octanol–water partition coefficient (Wildman–Crippen LogP) is 2.62. The molecule has 1 spiro atoms. The van der Waals surface area contributed by atoms with E-state index in [-0.39, 0.29) is 11.3 Å². The topological polar surface area (TPSA) is 109 Å². The zero-order valence-corrected chi connectivity index (χ0v) is 15.2. The Bertz CT molecular complexity index is 841. The summed E-state index contributed by atoms with van der Waals surface area (Å²) in [6.07, 6.45) is 7.52. The fourth-order valence-corrected chi connectivity index (χ4v) is 4.76. The van der Waals surface area contributed by atoms with Crippen molar-refractivity contribution in [2.75, 3.05) is 6.54 Å². The van der Waals surface area contributed by atoms with Gasteiger partial charge in [0.2, 0.25) is 5.78 Å². The lowest BCUT2D eigenvalue weighted by Gasteiger charge is -2.45. The van der Waals surface area contributed by atoms with Crippen LogP contribution in [0.1, 0.15) is 73.5 Å². The molecule has 4 rings (SSSR count). The summed E-state index contributed by atoms with van der Waals surface area (Å²) in [6.45, 7) is -0.593. The number of aliphatic carboxylic acids is 1. The van der Waals surface area contributed by atoms with Crippen LogP contribution >= 0.6 is 0 Å². The minimum atomic E-state index is -1.20. The number of hydrogen-bond acceptors (Lipinski definition) is 4. The zero-order valence-electron chi connectivity index (χ0n) is 15.2. The van der Waals surface area contributed by atoms with Gasteiger partial charge in [-0.2, -0.15) is 0 Å². The van der Waals surface area contributed by atoms with Gasteiger partial charge in [0, 0.05) is 5.69 Å². The Kier molecular flexibility index (Phi) is 4.32. The number of amides is 1. The van der Waals surface area contributed by atoms with Crippen LogP contribution in [0, 0.1) is 0 Å². The second kappa shape index (κ2) is 6.55. The number of allylic oxidation sites excluding steroid dienone is 1. The van der Waals surface area contributed by atoms with Gasteiger partial charge in [-0.05, 0) is 43.7 Å². The average molecular weight is 372 g/mol. The molecule has 3 aliphatic rings. The Morgan fingerprint density at radius 2 is 1.85 bits per heavy atom. The van der Waals surface area contributed by atoms with Gasteiger partial charge in [-0.1, -0.05) is 25.7 Å². The number of rotatable bonds is 4. The molecule has 3 N–H and O–H groups in total. The first-order chi connectivity index (χ1) is 13.0. The minimum absolute atomic E-state index is 0.195. The van der Waals surface area contributed by atoms with E-state index in [1.165, 1.54) is 0 Å². The largest absolute Gasteiger partial charge is 0.509 e. The third kappa shape index (κ3) is 2.67. The maximum absolute atomic E-state index is 13.0. The van der Waals surface area contributed by atoms with Gasteiger partial charge in [-0.3, -0.25) is 14.4 Å². The maximum Gasteiger partial charge on any atom is 0.322 e. The molecule has 0 saturated heterocycles. The number of nitrogens with one attached hydrogen (secondary N) is 1. The molecule has 0 aromatic carbocycles. The molecule has 1 aromatic heterocycles. The molecule has 1 amide bonds. The standard InChI is InChI=1S/C20H24N2O5/c23-15(24)11-21-19(27)16-17(25)14-8-7-13(12-5-4-6-12)22(14)20(18(16)26)9-2-1-3-10-20/h7-8,12,26H,1-6,9-11H2,(H,21,27)(H,23,24). The summed E-state index contributed by atoms with van der Waals surface area (Å²) in [4.78, 5) is 36.4. The third-order valence-corrected chi connectivity index (χ3v) is 6.31. The summed E-state index contributed by atoms with van der Waals surface area (Å²) in [6, 6.07) is 3.71. The highest BCUT2D eigenvalue weighted by Gasteiger charge is 2.49. The van der Waals surface area contributed by atoms with E-state index in [1.54, 1.807) is 6.07 Å². The molecule has 7 nitrogen and oxygen atoms in total. The van der Waals surface area contributed by atoms with Crippen LogP contribution in [0.15, 0.2) is 23.5 Å². The number of hydrogen-bond donors (Lipinski definition) is 3. The van der Waals surface area contributed by atoms with Crippen molar-refractivity contribution in [1.82, 2.24) is 9.88 Å². The molecule has 0 unspecified atom stereocenters. The highest BCUT2D eigenvalue weighted by Crippen LogP contribution is 2.49. The SMILES string of the molecule is O=C(O)CNC(=O)C1=C(O)C2(CCCCC2)n2c(ccc2C2CCC2)C1=O. The van der Waals surface area contributed by atoms with E-state index < -0.39 is 29.7 Å². The van der Waals surface area contributed by atoms with Crippen molar-refractivity contribution in [3.63, 3.8) is 0 Å². The fourth-order valence-electron chi connectivity index (χ4n) is 4.76.